The van der Waals surface area contributed by atoms with Crippen molar-refractivity contribution in [3.05, 3.63) is 104 Å². The third-order valence-corrected chi connectivity index (χ3v) is 7.40. The third kappa shape index (κ3) is 4.93. The van der Waals surface area contributed by atoms with Crippen molar-refractivity contribution in [3.8, 4) is 0 Å². The van der Waals surface area contributed by atoms with Crippen LogP contribution in [0.3, 0.4) is 0 Å². The maximum absolute atomic E-state index is 12.4. The molecule has 1 aliphatic rings. The van der Waals surface area contributed by atoms with Gasteiger partial charge >= 0.3 is 5.69 Å². The Kier molecular flexibility index (Phi) is 7.07. The number of aromatic nitrogens is 2. The van der Waals surface area contributed by atoms with Gasteiger partial charge in [-0.3, -0.25) is 9.47 Å². The van der Waals surface area contributed by atoms with Gasteiger partial charge in [-0.15, -0.1) is 0 Å². The molecule has 0 atom stereocenters. The van der Waals surface area contributed by atoms with Crippen molar-refractivity contribution >= 4 is 34.2 Å². The smallest absolute Gasteiger partial charge is 0.305 e. The molecule has 5 rings (SSSR count). The summed E-state index contributed by atoms with van der Waals surface area (Å²) in [5.41, 5.74) is 4.07. The van der Waals surface area contributed by atoms with Crippen molar-refractivity contribution in [1.82, 2.24) is 19.4 Å². The normalized spacial score (nSPS) is 15.4. The van der Waals surface area contributed by atoms with E-state index in [4.69, 9.17) is 23.2 Å². The van der Waals surface area contributed by atoms with Crippen LogP contribution < -0.4 is 5.69 Å². The van der Waals surface area contributed by atoms with Gasteiger partial charge in [-0.1, -0.05) is 83.9 Å². The van der Waals surface area contributed by atoms with Crippen LogP contribution in [0.4, 0.5) is 0 Å². The Balaban J connectivity index is 1.21. The molecule has 176 valence electrons. The van der Waals surface area contributed by atoms with E-state index in [1.54, 1.807) is 16.7 Å². The molecule has 1 aromatic heterocycles. The number of fused-ring (bicyclic) bond motifs is 1. The number of nitrogens with zero attached hydrogens (tertiary/aromatic N) is 3. The molecule has 0 unspecified atom stereocenters. The average molecular weight is 495 g/mol. The Morgan fingerprint density at radius 3 is 2.00 bits per heavy atom. The molecule has 0 spiro atoms. The zero-order valence-corrected chi connectivity index (χ0v) is 20.5. The highest BCUT2D eigenvalue weighted by Gasteiger charge is 2.26. The van der Waals surface area contributed by atoms with Crippen LogP contribution in [0.2, 0.25) is 10.0 Å². The predicted octanol–water partition coefficient (Wildman–Crippen LogP) is 5.43. The van der Waals surface area contributed by atoms with Gasteiger partial charge in [-0.25, -0.2) is 4.79 Å². The first-order valence-electron chi connectivity index (χ1n) is 11.7. The molecule has 0 radical (unpaired) electrons. The van der Waals surface area contributed by atoms with Crippen LogP contribution in [0.5, 0.6) is 0 Å². The highest BCUT2D eigenvalue weighted by atomic mass is 35.5. The minimum Gasteiger partial charge on any atom is -0.305 e. The maximum Gasteiger partial charge on any atom is 0.326 e. The number of H-pyrrole nitrogens is 1. The molecule has 0 saturated carbocycles. The van der Waals surface area contributed by atoms with Crippen LogP contribution in [0, 0.1) is 0 Å². The molecular formula is C27H28Cl2N4O. The standard InChI is InChI=1S/C27H28Cl2N4O/c28-22-18-24-25(19-23(22)29)33(27(34)30-24)13-7-12-31-14-16-32(17-15-31)26(20-8-3-1-4-9-20)21-10-5-2-6-11-21/h1-6,8-11,18-19,26H,7,12-17H2,(H,30,34). The Morgan fingerprint density at radius 1 is 0.794 bits per heavy atom. The number of imidazole rings is 1. The summed E-state index contributed by atoms with van der Waals surface area (Å²) in [5.74, 6) is 0. The van der Waals surface area contributed by atoms with Crippen LogP contribution in [-0.4, -0.2) is 52.1 Å². The molecule has 0 amide bonds. The molecule has 2 heterocycles. The van der Waals surface area contributed by atoms with Gasteiger partial charge in [0.2, 0.25) is 0 Å². The van der Waals surface area contributed by atoms with Crippen LogP contribution in [0.15, 0.2) is 77.6 Å². The second-order valence-corrected chi connectivity index (χ2v) is 9.63. The number of nitrogens with one attached hydrogen (secondary N) is 1. The van der Waals surface area contributed by atoms with Crippen molar-refractivity contribution in [1.29, 1.82) is 0 Å². The number of halogens is 2. The summed E-state index contributed by atoms with van der Waals surface area (Å²) in [7, 11) is 0. The van der Waals surface area contributed by atoms with Crippen molar-refractivity contribution in [2.24, 2.45) is 0 Å². The SMILES string of the molecule is O=c1[nH]c2cc(Cl)c(Cl)cc2n1CCCN1CCN(C(c2ccccc2)c2ccccc2)CC1. The lowest BCUT2D eigenvalue weighted by Gasteiger charge is -2.39. The van der Waals surface area contributed by atoms with Gasteiger partial charge in [0, 0.05) is 32.7 Å². The second-order valence-electron chi connectivity index (χ2n) is 8.82. The number of benzene rings is 3. The summed E-state index contributed by atoms with van der Waals surface area (Å²) in [6.45, 7) is 5.65. The third-order valence-electron chi connectivity index (χ3n) is 6.67. The van der Waals surface area contributed by atoms with Gasteiger partial charge in [0.15, 0.2) is 0 Å². The molecule has 1 aliphatic heterocycles. The lowest BCUT2D eigenvalue weighted by atomic mass is 9.96. The summed E-state index contributed by atoms with van der Waals surface area (Å²) in [4.78, 5) is 20.4. The fourth-order valence-electron chi connectivity index (χ4n) is 4.96. The number of rotatable bonds is 7. The maximum atomic E-state index is 12.4. The highest BCUT2D eigenvalue weighted by Crippen LogP contribution is 2.30. The topological polar surface area (TPSA) is 44.3 Å². The van der Waals surface area contributed by atoms with E-state index in [2.05, 4.69) is 75.4 Å². The van der Waals surface area contributed by atoms with Crippen LogP contribution in [0.25, 0.3) is 11.0 Å². The van der Waals surface area contributed by atoms with Crippen molar-refractivity contribution in [3.63, 3.8) is 0 Å². The molecule has 7 heteroatoms. The minimum absolute atomic E-state index is 0.119. The van der Waals surface area contributed by atoms with E-state index in [9.17, 15) is 4.79 Å². The lowest BCUT2D eigenvalue weighted by molar-refractivity contribution is 0.108. The fraction of sp³-hybridized carbons (Fsp3) is 0.296. The van der Waals surface area contributed by atoms with Gasteiger partial charge in [0.25, 0.3) is 0 Å². The molecule has 3 aromatic carbocycles. The van der Waals surface area contributed by atoms with Crippen LogP contribution in [0.1, 0.15) is 23.6 Å². The van der Waals surface area contributed by atoms with Gasteiger partial charge in [-0.2, -0.15) is 0 Å². The van der Waals surface area contributed by atoms with E-state index >= 15 is 0 Å². The Labute approximate surface area is 209 Å². The van der Waals surface area contributed by atoms with E-state index < -0.39 is 0 Å². The van der Waals surface area contributed by atoms with Crippen LogP contribution in [-0.2, 0) is 6.54 Å². The molecule has 1 N–H and O–H groups in total. The van der Waals surface area contributed by atoms with Crippen molar-refractivity contribution in [2.75, 3.05) is 32.7 Å². The largest absolute Gasteiger partial charge is 0.326 e. The number of hydrogen-bond donors (Lipinski definition) is 1. The van der Waals surface area contributed by atoms with E-state index in [1.165, 1.54) is 11.1 Å². The van der Waals surface area contributed by atoms with E-state index in [-0.39, 0.29) is 11.7 Å². The number of piperazine rings is 1. The zero-order valence-electron chi connectivity index (χ0n) is 19.0. The van der Waals surface area contributed by atoms with Gasteiger partial charge in [0.05, 0.1) is 27.1 Å². The number of aromatic amines is 1. The molecule has 34 heavy (non-hydrogen) atoms. The molecule has 1 fully saturated rings. The highest BCUT2D eigenvalue weighted by molar-refractivity contribution is 6.42. The number of hydrogen-bond acceptors (Lipinski definition) is 3. The first-order valence-corrected chi connectivity index (χ1v) is 12.5. The first kappa shape index (κ1) is 23.2. The van der Waals surface area contributed by atoms with Gasteiger partial charge < -0.3 is 9.88 Å². The lowest BCUT2D eigenvalue weighted by Crippen LogP contribution is -2.48. The summed E-state index contributed by atoms with van der Waals surface area (Å²) >= 11 is 12.3. The quantitative estimate of drug-likeness (QED) is 0.372. The number of aryl methyl sites for hydroxylation is 1. The average Bonchev–Trinajstić information content (AvgIpc) is 3.16. The van der Waals surface area contributed by atoms with E-state index in [1.807, 2.05) is 0 Å². The van der Waals surface area contributed by atoms with Gasteiger partial charge in [0.1, 0.15) is 0 Å². The molecule has 0 aliphatic carbocycles. The second kappa shape index (κ2) is 10.4. The molecule has 0 bridgehead atoms. The van der Waals surface area contributed by atoms with Crippen molar-refractivity contribution < 1.29 is 0 Å². The minimum atomic E-state index is -0.119. The summed E-state index contributed by atoms with van der Waals surface area (Å²) in [6, 6.07) is 25.3. The summed E-state index contributed by atoms with van der Waals surface area (Å²) in [6.07, 6.45) is 0.897. The van der Waals surface area contributed by atoms with Gasteiger partial charge in [-0.05, 0) is 36.2 Å². The molecule has 1 saturated heterocycles. The Hall–Kier alpha value is -2.57. The molecule has 4 aromatic rings. The predicted molar refractivity (Wildman–Crippen MR) is 140 cm³/mol. The summed E-state index contributed by atoms with van der Waals surface area (Å²) < 4.78 is 1.76. The van der Waals surface area contributed by atoms with E-state index in [0.29, 0.717) is 16.6 Å². The summed E-state index contributed by atoms with van der Waals surface area (Å²) in [5, 5.41) is 0.911. The zero-order chi connectivity index (χ0) is 23.5. The van der Waals surface area contributed by atoms with E-state index in [0.717, 1.165) is 50.2 Å². The fourth-order valence-corrected chi connectivity index (χ4v) is 5.28. The van der Waals surface area contributed by atoms with Crippen LogP contribution >= 0.6 is 23.2 Å². The van der Waals surface area contributed by atoms with Crippen molar-refractivity contribution in [2.45, 2.75) is 19.0 Å². The Morgan fingerprint density at radius 2 is 1.38 bits per heavy atom. The first-order chi connectivity index (χ1) is 16.6. The Bertz CT molecular complexity index is 1260. The molecule has 5 nitrogen and oxygen atoms in total. The monoisotopic (exact) mass is 494 g/mol. The molecular weight excluding hydrogens is 467 g/mol.